The first-order chi connectivity index (χ1) is 10.7. The van der Waals surface area contributed by atoms with Crippen LogP contribution in [-0.4, -0.2) is 84.8 Å². The first kappa shape index (κ1) is 17.8. The van der Waals surface area contributed by atoms with Crippen LogP contribution in [0.2, 0.25) is 0 Å². The highest BCUT2D eigenvalue weighted by Crippen LogP contribution is 2.20. The molecule has 2 atom stereocenters. The Morgan fingerprint density at radius 1 is 1.13 bits per heavy atom. The van der Waals surface area contributed by atoms with Gasteiger partial charge in [-0.2, -0.15) is 0 Å². The molecule has 2 fully saturated rings. The molecule has 0 aromatic rings. The molecule has 2 saturated heterocycles. The quantitative estimate of drug-likeness (QED) is 0.832. The van der Waals surface area contributed by atoms with Gasteiger partial charge >= 0.3 is 12.1 Å². The van der Waals surface area contributed by atoms with Crippen LogP contribution in [0.4, 0.5) is 9.59 Å². The molecule has 3 amide bonds. The van der Waals surface area contributed by atoms with Crippen LogP contribution in [0.5, 0.6) is 0 Å². The molecule has 0 aliphatic carbocycles. The van der Waals surface area contributed by atoms with Crippen LogP contribution in [-0.2, 0) is 4.74 Å². The second kappa shape index (κ2) is 6.95. The van der Waals surface area contributed by atoms with E-state index in [1.807, 2.05) is 37.6 Å². The zero-order valence-electron chi connectivity index (χ0n) is 15.0. The molecule has 0 aromatic carbocycles. The number of urea groups is 1. The monoisotopic (exact) mass is 326 g/mol. The summed E-state index contributed by atoms with van der Waals surface area (Å²) in [5.41, 5.74) is -0.505. The molecule has 2 rings (SSSR count). The molecule has 2 heterocycles. The number of hydrogen-bond acceptors (Lipinski definition) is 4. The van der Waals surface area contributed by atoms with Gasteiger partial charge in [0.2, 0.25) is 0 Å². The normalized spacial score (nSPS) is 24.7. The van der Waals surface area contributed by atoms with Crippen LogP contribution in [0.1, 0.15) is 33.6 Å². The molecule has 0 radical (unpaired) electrons. The van der Waals surface area contributed by atoms with Gasteiger partial charge < -0.3 is 24.8 Å². The maximum atomic E-state index is 12.6. The zero-order valence-corrected chi connectivity index (χ0v) is 15.0. The van der Waals surface area contributed by atoms with E-state index in [1.54, 1.807) is 11.9 Å². The summed E-state index contributed by atoms with van der Waals surface area (Å²) in [6, 6.07) is 0.341. The predicted molar refractivity (Wildman–Crippen MR) is 88.4 cm³/mol. The third kappa shape index (κ3) is 4.50. The highest BCUT2D eigenvalue weighted by molar-refractivity contribution is 5.75. The Bertz CT molecular complexity index is 443. The number of likely N-dealkylation sites (tertiary alicyclic amines) is 1. The van der Waals surface area contributed by atoms with Gasteiger partial charge in [-0.1, -0.05) is 0 Å². The lowest BCUT2D eigenvalue weighted by Crippen LogP contribution is -2.47. The van der Waals surface area contributed by atoms with E-state index in [-0.39, 0.29) is 24.2 Å². The van der Waals surface area contributed by atoms with Crippen LogP contribution < -0.4 is 5.32 Å². The van der Waals surface area contributed by atoms with E-state index in [1.165, 1.54) is 0 Å². The van der Waals surface area contributed by atoms with Crippen molar-refractivity contribution in [2.75, 3.05) is 40.3 Å². The summed E-state index contributed by atoms with van der Waals surface area (Å²) in [6.07, 6.45) is 1.46. The summed E-state index contributed by atoms with van der Waals surface area (Å²) < 4.78 is 5.40. The summed E-state index contributed by atoms with van der Waals surface area (Å²) in [7, 11) is 3.61. The number of likely N-dealkylation sites (N-methyl/N-ethyl adjacent to an activating group) is 2. The fourth-order valence-corrected chi connectivity index (χ4v) is 3.06. The average Bonchev–Trinajstić information content (AvgIpc) is 3.14. The van der Waals surface area contributed by atoms with Gasteiger partial charge in [0, 0.05) is 39.8 Å². The molecule has 1 N–H and O–H groups in total. The Morgan fingerprint density at radius 2 is 1.83 bits per heavy atom. The van der Waals surface area contributed by atoms with Crippen LogP contribution in [0.25, 0.3) is 0 Å². The van der Waals surface area contributed by atoms with Gasteiger partial charge in [-0.05, 0) is 40.2 Å². The molecule has 0 spiro atoms. The van der Waals surface area contributed by atoms with Gasteiger partial charge in [-0.15, -0.1) is 0 Å². The molecule has 132 valence electrons. The lowest BCUT2D eigenvalue weighted by Gasteiger charge is -2.30. The summed E-state index contributed by atoms with van der Waals surface area (Å²) >= 11 is 0. The predicted octanol–water partition coefficient (Wildman–Crippen LogP) is 1.34. The molecule has 2 unspecified atom stereocenters. The van der Waals surface area contributed by atoms with Crippen molar-refractivity contribution in [2.45, 2.75) is 51.3 Å². The van der Waals surface area contributed by atoms with E-state index < -0.39 is 5.60 Å². The Morgan fingerprint density at radius 3 is 2.39 bits per heavy atom. The Kier molecular flexibility index (Phi) is 5.39. The molecule has 2 aliphatic rings. The minimum Gasteiger partial charge on any atom is -0.444 e. The Labute approximate surface area is 138 Å². The lowest BCUT2D eigenvalue weighted by molar-refractivity contribution is 0.0229. The van der Waals surface area contributed by atoms with Crippen LogP contribution in [0, 0.1) is 0 Å². The number of ether oxygens (including phenoxy) is 1. The third-order valence-electron chi connectivity index (χ3n) is 4.55. The highest BCUT2D eigenvalue weighted by Gasteiger charge is 2.35. The number of nitrogens with zero attached hydrogens (tertiary/aromatic N) is 3. The van der Waals surface area contributed by atoms with Gasteiger partial charge in [-0.3, -0.25) is 0 Å². The molecule has 2 aliphatic heterocycles. The topological polar surface area (TPSA) is 65.1 Å². The van der Waals surface area contributed by atoms with E-state index in [2.05, 4.69) is 5.32 Å². The molecular weight excluding hydrogens is 296 g/mol. The number of carbonyl (C=O) groups is 2. The minimum atomic E-state index is -0.505. The smallest absolute Gasteiger partial charge is 0.410 e. The summed E-state index contributed by atoms with van der Waals surface area (Å²) in [5, 5.41) is 3.28. The van der Waals surface area contributed by atoms with Crippen molar-refractivity contribution in [1.29, 1.82) is 0 Å². The van der Waals surface area contributed by atoms with Gasteiger partial charge in [0.1, 0.15) is 5.60 Å². The van der Waals surface area contributed by atoms with Crippen LogP contribution in [0.3, 0.4) is 0 Å². The van der Waals surface area contributed by atoms with Crippen molar-refractivity contribution in [3.8, 4) is 0 Å². The standard InChI is InChI=1S/C16H30N4O3/c1-16(2,3)23-15(22)19(5)13-7-9-20(11-13)14(21)18(4)12-6-8-17-10-12/h12-13,17H,6-11H2,1-5H3. The van der Waals surface area contributed by atoms with Gasteiger partial charge in [0.15, 0.2) is 0 Å². The summed E-state index contributed by atoms with van der Waals surface area (Å²) in [4.78, 5) is 30.0. The van der Waals surface area contributed by atoms with Gasteiger partial charge in [-0.25, -0.2) is 9.59 Å². The number of carbonyl (C=O) groups excluding carboxylic acids is 2. The number of rotatable bonds is 2. The average molecular weight is 326 g/mol. The highest BCUT2D eigenvalue weighted by atomic mass is 16.6. The maximum Gasteiger partial charge on any atom is 0.410 e. The SMILES string of the molecule is CN(C(=O)OC(C)(C)C)C1CCN(C(=O)N(C)C2CCNC2)C1. The molecular formula is C16H30N4O3. The lowest BCUT2D eigenvalue weighted by atomic mass is 10.2. The minimum absolute atomic E-state index is 0.0175. The third-order valence-corrected chi connectivity index (χ3v) is 4.55. The number of hydrogen-bond donors (Lipinski definition) is 1. The molecule has 7 nitrogen and oxygen atoms in total. The summed E-state index contributed by atoms with van der Waals surface area (Å²) in [6.45, 7) is 8.64. The van der Waals surface area contributed by atoms with Crippen molar-refractivity contribution < 1.29 is 14.3 Å². The van der Waals surface area contributed by atoms with Crippen molar-refractivity contribution in [3.05, 3.63) is 0 Å². The van der Waals surface area contributed by atoms with Crippen molar-refractivity contribution >= 4 is 12.1 Å². The van der Waals surface area contributed by atoms with Crippen molar-refractivity contribution in [3.63, 3.8) is 0 Å². The Hall–Kier alpha value is -1.50. The fourth-order valence-electron chi connectivity index (χ4n) is 3.06. The summed E-state index contributed by atoms with van der Waals surface area (Å²) in [5.74, 6) is 0. The van der Waals surface area contributed by atoms with Gasteiger partial charge in [0.05, 0.1) is 6.04 Å². The molecule has 7 heteroatoms. The first-order valence-corrected chi connectivity index (χ1v) is 8.37. The second-order valence-corrected chi connectivity index (χ2v) is 7.52. The molecule has 0 saturated carbocycles. The van der Waals surface area contributed by atoms with E-state index in [4.69, 9.17) is 4.74 Å². The number of amides is 3. The van der Waals surface area contributed by atoms with Crippen molar-refractivity contribution in [2.24, 2.45) is 0 Å². The Balaban J connectivity index is 1.87. The van der Waals surface area contributed by atoms with Crippen LogP contribution in [0.15, 0.2) is 0 Å². The molecule has 23 heavy (non-hydrogen) atoms. The zero-order chi connectivity index (χ0) is 17.2. The fraction of sp³-hybridized carbons (Fsp3) is 0.875. The van der Waals surface area contributed by atoms with E-state index in [0.717, 1.165) is 25.9 Å². The first-order valence-electron chi connectivity index (χ1n) is 8.37. The molecule has 0 aromatic heterocycles. The van der Waals surface area contributed by atoms with Gasteiger partial charge in [0.25, 0.3) is 0 Å². The molecule has 0 bridgehead atoms. The number of nitrogens with one attached hydrogen (secondary N) is 1. The van der Waals surface area contributed by atoms with E-state index >= 15 is 0 Å². The second-order valence-electron chi connectivity index (χ2n) is 7.52. The maximum absolute atomic E-state index is 12.6. The van der Waals surface area contributed by atoms with E-state index in [0.29, 0.717) is 13.1 Å². The van der Waals surface area contributed by atoms with E-state index in [9.17, 15) is 9.59 Å². The largest absolute Gasteiger partial charge is 0.444 e. The van der Waals surface area contributed by atoms with Crippen molar-refractivity contribution in [1.82, 2.24) is 20.0 Å². The van der Waals surface area contributed by atoms with Crippen LogP contribution >= 0.6 is 0 Å².